The van der Waals surface area contributed by atoms with Gasteiger partial charge in [-0.25, -0.2) is 4.39 Å². The van der Waals surface area contributed by atoms with Gasteiger partial charge < -0.3 is 10.4 Å². The highest BCUT2D eigenvalue weighted by Gasteiger charge is 2.32. The van der Waals surface area contributed by atoms with Crippen LogP contribution in [0.1, 0.15) is 25.5 Å². The van der Waals surface area contributed by atoms with Crippen molar-refractivity contribution >= 4 is 11.6 Å². The van der Waals surface area contributed by atoms with Gasteiger partial charge in [-0.2, -0.15) is 5.10 Å². The van der Waals surface area contributed by atoms with Gasteiger partial charge in [-0.15, -0.1) is 0 Å². The number of rotatable bonds is 6. The summed E-state index contributed by atoms with van der Waals surface area (Å²) >= 11 is 0. The molecule has 0 aliphatic heterocycles. The Morgan fingerprint density at radius 1 is 1.46 bits per heavy atom. The largest absolute Gasteiger partial charge is 0.387 e. The van der Waals surface area contributed by atoms with Crippen molar-refractivity contribution in [3.63, 3.8) is 0 Å². The van der Waals surface area contributed by atoms with Crippen molar-refractivity contribution in [2.24, 2.45) is 0 Å². The molecule has 1 aromatic carbocycles. The lowest BCUT2D eigenvalue weighted by Gasteiger charge is -2.24. The van der Waals surface area contributed by atoms with Crippen molar-refractivity contribution in [2.45, 2.75) is 25.5 Å². The van der Waals surface area contributed by atoms with E-state index in [1.54, 1.807) is 13.8 Å². The van der Waals surface area contributed by atoms with Crippen LogP contribution in [0.3, 0.4) is 0 Å². The van der Waals surface area contributed by atoms with Crippen LogP contribution in [0.4, 0.5) is 10.1 Å². The first kappa shape index (κ1) is 17.5. The van der Waals surface area contributed by atoms with Gasteiger partial charge in [0.25, 0.3) is 0 Å². The van der Waals surface area contributed by atoms with Crippen LogP contribution in [0.15, 0.2) is 36.7 Å². The Morgan fingerprint density at radius 2 is 2.08 bits per heavy atom. The molecule has 8 nitrogen and oxygen atoms in total. The predicted molar refractivity (Wildman–Crippen MR) is 82.6 cm³/mol. The number of nitrogens with zero attached hydrogens (tertiary/aromatic N) is 3. The van der Waals surface area contributed by atoms with Crippen LogP contribution < -0.4 is 5.32 Å². The molecule has 0 saturated heterocycles. The SMILES string of the molecule is CC(C)(C(=O)NCC(O)c1ccc(F)cc1)n1cc([N+](=O)[O-])cn1. The molecular formula is C15H17FN4O4. The van der Waals surface area contributed by atoms with Crippen molar-refractivity contribution in [3.8, 4) is 0 Å². The van der Waals surface area contributed by atoms with E-state index in [2.05, 4.69) is 10.4 Å². The average molecular weight is 336 g/mol. The van der Waals surface area contributed by atoms with Crippen molar-refractivity contribution < 1.29 is 19.2 Å². The van der Waals surface area contributed by atoms with Gasteiger partial charge in [0.15, 0.2) is 0 Å². The van der Waals surface area contributed by atoms with Gasteiger partial charge in [-0.05, 0) is 31.5 Å². The Labute approximate surface area is 137 Å². The fraction of sp³-hybridized carbons (Fsp3) is 0.333. The van der Waals surface area contributed by atoms with Crippen LogP contribution in [0.2, 0.25) is 0 Å². The van der Waals surface area contributed by atoms with E-state index in [1.807, 2.05) is 0 Å². The molecule has 0 aliphatic carbocycles. The van der Waals surface area contributed by atoms with Crippen molar-refractivity contribution in [3.05, 3.63) is 58.2 Å². The second kappa shape index (κ2) is 6.75. The number of aliphatic hydroxyl groups is 1. The topological polar surface area (TPSA) is 110 Å². The zero-order valence-electron chi connectivity index (χ0n) is 13.1. The van der Waals surface area contributed by atoms with E-state index in [4.69, 9.17) is 0 Å². The number of halogens is 1. The Bertz CT molecular complexity index is 742. The number of carbonyl (C=O) groups excluding carboxylic acids is 1. The lowest BCUT2D eigenvalue weighted by atomic mass is 10.0. The van der Waals surface area contributed by atoms with E-state index in [1.165, 1.54) is 28.9 Å². The van der Waals surface area contributed by atoms with Gasteiger partial charge in [-0.1, -0.05) is 12.1 Å². The van der Waals surface area contributed by atoms with Crippen LogP contribution in [0.25, 0.3) is 0 Å². The molecule has 1 atom stereocenters. The van der Waals surface area contributed by atoms with E-state index in [0.717, 1.165) is 12.4 Å². The molecule has 1 unspecified atom stereocenters. The molecular weight excluding hydrogens is 319 g/mol. The number of aliphatic hydroxyl groups excluding tert-OH is 1. The van der Waals surface area contributed by atoms with Crippen LogP contribution in [-0.2, 0) is 10.3 Å². The number of amides is 1. The van der Waals surface area contributed by atoms with Gasteiger partial charge in [0, 0.05) is 6.54 Å². The first-order valence-electron chi connectivity index (χ1n) is 7.13. The van der Waals surface area contributed by atoms with Crippen molar-refractivity contribution in [2.75, 3.05) is 6.54 Å². The number of carbonyl (C=O) groups is 1. The normalized spacial score (nSPS) is 12.7. The molecule has 0 fully saturated rings. The quantitative estimate of drug-likeness (QED) is 0.614. The van der Waals surface area contributed by atoms with Gasteiger partial charge in [0.05, 0.1) is 11.0 Å². The summed E-state index contributed by atoms with van der Waals surface area (Å²) in [6.07, 6.45) is 1.22. The lowest BCUT2D eigenvalue weighted by molar-refractivity contribution is -0.385. The van der Waals surface area contributed by atoms with Gasteiger partial charge in [-0.3, -0.25) is 19.6 Å². The van der Waals surface area contributed by atoms with E-state index in [9.17, 15) is 24.4 Å². The first-order valence-corrected chi connectivity index (χ1v) is 7.13. The molecule has 2 rings (SSSR count). The third-order valence-corrected chi connectivity index (χ3v) is 3.62. The molecule has 24 heavy (non-hydrogen) atoms. The number of nitro groups is 1. The Hall–Kier alpha value is -2.81. The summed E-state index contributed by atoms with van der Waals surface area (Å²) in [5.74, 6) is -0.891. The Morgan fingerprint density at radius 3 is 2.62 bits per heavy atom. The molecule has 0 aliphatic rings. The molecule has 0 saturated carbocycles. The Kier molecular flexibility index (Phi) is 4.93. The maximum Gasteiger partial charge on any atom is 0.307 e. The molecule has 1 heterocycles. The maximum atomic E-state index is 12.9. The van der Waals surface area contributed by atoms with Crippen LogP contribution in [0.5, 0.6) is 0 Å². The van der Waals surface area contributed by atoms with Crippen LogP contribution in [0, 0.1) is 15.9 Å². The summed E-state index contributed by atoms with van der Waals surface area (Å²) in [4.78, 5) is 22.4. The van der Waals surface area contributed by atoms with Gasteiger partial charge >= 0.3 is 5.69 Å². The number of aromatic nitrogens is 2. The summed E-state index contributed by atoms with van der Waals surface area (Å²) in [5, 5.41) is 27.1. The van der Waals surface area contributed by atoms with Gasteiger partial charge in [0.2, 0.25) is 5.91 Å². The number of hydrogen-bond donors (Lipinski definition) is 2. The molecule has 9 heteroatoms. The van der Waals surface area contributed by atoms with E-state index < -0.39 is 28.3 Å². The minimum Gasteiger partial charge on any atom is -0.387 e. The summed E-state index contributed by atoms with van der Waals surface area (Å²) < 4.78 is 14.0. The van der Waals surface area contributed by atoms with E-state index >= 15 is 0 Å². The lowest BCUT2D eigenvalue weighted by Crippen LogP contribution is -2.45. The van der Waals surface area contributed by atoms with Gasteiger partial charge in [0.1, 0.15) is 23.7 Å². The van der Waals surface area contributed by atoms with Crippen LogP contribution >= 0.6 is 0 Å². The zero-order valence-corrected chi connectivity index (χ0v) is 13.1. The molecule has 1 aromatic heterocycles. The minimum absolute atomic E-state index is 0.0861. The monoisotopic (exact) mass is 336 g/mol. The summed E-state index contributed by atoms with van der Waals surface area (Å²) in [7, 11) is 0. The minimum atomic E-state index is -1.18. The summed E-state index contributed by atoms with van der Waals surface area (Å²) in [6, 6.07) is 5.28. The second-order valence-corrected chi connectivity index (χ2v) is 5.74. The highest BCUT2D eigenvalue weighted by Crippen LogP contribution is 2.19. The van der Waals surface area contributed by atoms with Crippen molar-refractivity contribution in [1.82, 2.24) is 15.1 Å². The molecule has 0 radical (unpaired) electrons. The fourth-order valence-corrected chi connectivity index (χ4v) is 2.03. The van der Waals surface area contributed by atoms with E-state index in [-0.39, 0.29) is 12.2 Å². The molecule has 128 valence electrons. The second-order valence-electron chi connectivity index (χ2n) is 5.74. The number of hydrogen-bond acceptors (Lipinski definition) is 5. The highest BCUT2D eigenvalue weighted by molar-refractivity contribution is 5.83. The standard InChI is InChI=1S/C15H17FN4O4/c1-15(2,19-9-12(7-18-19)20(23)24)14(22)17-8-13(21)10-3-5-11(16)6-4-10/h3-7,9,13,21H,8H2,1-2H3,(H,17,22). The predicted octanol–water partition coefficient (Wildman–Crippen LogP) is 1.52. The molecule has 2 N–H and O–H groups in total. The van der Waals surface area contributed by atoms with E-state index in [0.29, 0.717) is 5.56 Å². The Balaban J connectivity index is 2.02. The zero-order chi connectivity index (χ0) is 17.9. The molecule has 0 bridgehead atoms. The first-order chi connectivity index (χ1) is 11.2. The maximum absolute atomic E-state index is 12.9. The van der Waals surface area contributed by atoms with Crippen molar-refractivity contribution in [1.29, 1.82) is 0 Å². The third-order valence-electron chi connectivity index (χ3n) is 3.62. The van der Waals surface area contributed by atoms with Crippen LogP contribution in [-0.4, -0.2) is 32.3 Å². The number of benzene rings is 1. The highest BCUT2D eigenvalue weighted by atomic mass is 19.1. The third kappa shape index (κ3) is 3.74. The number of nitrogens with one attached hydrogen (secondary N) is 1. The average Bonchev–Trinajstić information content (AvgIpc) is 3.03. The molecule has 1 amide bonds. The summed E-state index contributed by atoms with van der Waals surface area (Å²) in [6.45, 7) is 3.00. The fourth-order valence-electron chi connectivity index (χ4n) is 2.03. The molecule has 0 spiro atoms. The summed E-state index contributed by atoms with van der Waals surface area (Å²) in [5.41, 5.74) is -0.942. The smallest absolute Gasteiger partial charge is 0.307 e. The molecule has 2 aromatic rings.